The highest BCUT2D eigenvalue weighted by molar-refractivity contribution is 5.96. The van der Waals surface area contributed by atoms with Crippen molar-refractivity contribution in [3.05, 3.63) is 65.4 Å². The van der Waals surface area contributed by atoms with E-state index in [-0.39, 0.29) is 29.4 Å². The number of carbonyl (C=O) groups excluding carboxylic acids is 2. The van der Waals surface area contributed by atoms with E-state index >= 15 is 0 Å². The van der Waals surface area contributed by atoms with Crippen molar-refractivity contribution in [3.8, 4) is 5.75 Å². The van der Waals surface area contributed by atoms with E-state index in [0.717, 1.165) is 12.8 Å². The first-order chi connectivity index (χ1) is 18.4. The highest BCUT2D eigenvalue weighted by atomic mass is 16.5. The number of carbonyl (C=O) groups is 2. The van der Waals surface area contributed by atoms with Gasteiger partial charge in [-0.15, -0.1) is 10.2 Å². The van der Waals surface area contributed by atoms with Gasteiger partial charge in [0.05, 0.1) is 13.7 Å². The number of nitrogens with zero attached hydrogens (tertiary/aromatic N) is 4. The van der Waals surface area contributed by atoms with Crippen LogP contribution >= 0.6 is 0 Å². The number of piperidine rings is 1. The van der Waals surface area contributed by atoms with Crippen molar-refractivity contribution in [1.82, 2.24) is 20.5 Å². The second-order valence-corrected chi connectivity index (χ2v) is 8.62. The van der Waals surface area contributed by atoms with Gasteiger partial charge in [-0.1, -0.05) is 0 Å². The van der Waals surface area contributed by atoms with Crippen molar-refractivity contribution in [2.75, 3.05) is 37.0 Å². The van der Waals surface area contributed by atoms with Crippen molar-refractivity contribution in [2.45, 2.75) is 25.8 Å². The average Bonchev–Trinajstić information content (AvgIpc) is 2.93. The molecule has 1 aliphatic rings. The van der Waals surface area contributed by atoms with Crippen LogP contribution in [0.4, 0.5) is 17.5 Å². The van der Waals surface area contributed by atoms with Gasteiger partial charge in [0.25, 0.3) is 11.8 Å². The molecule has 1 atom stereocenters. The van der Waals surface area contributed by atoms with E-state index in [9.17, 15) is 9.59 Å². The van der Waals surface area contributed by atoms with Crippen molar-refractivity contribution in [3.63, 3.8) is 0 Å². The highest BCUT2D eigenvalue weighted by Crippen LogP contribution is 2.22. The van der Waals surface area contributed by atoms with E-state index in [2.05, 4.69) is 25.8 Å². The monoisotopic (exact) mass is 518 g/mol. The van der Waals surface area contributed by atoms with Crippen LogP contribution in [0.2, 0.25) is 0 Å². The molecule has 4 rings (SSSR count). The maximum atomic E-state index is 12.8. The molecule has 0 spiro atoms. The van der Waals surface area contributed by atoms with Gasteiger partial charge in [0.15, 0.2) is 11.5 Å². The normalized spacial score (nSPS) is 14.9. The van der Waals surface area contributed by atoms with Crippen LogP contribution in [-0.2, 0) is 4.74 Å². The Morgan fingerprint density at radius 1 is 1.11 bits per heavy atom. The van der Waals surface area contributed by atoms with Gasteiger partial charge in [-0.3, -0.25) is 15.0 Å². The summed E-state index contributed by atoms with van der Waals surface area (Å²) in [6.07, 6.45) is 1.62. The van der Waals surface area contributed by atoms with E-state index in [1.807, 2.05) is 11.8 Å². The number of anilines is 3. The van der Waals surface area contributed by atoms with Crippen LogP contribution in [0.5, 0.6) is 5.75 Å². The molecule has 1 saturated heterocycles. The Kier molecular flexibility index (Phi) is 8.31. The maximum absolute atomic E-state index is 12.8. The Balaban J connectivity index is 1.47. The first kappa shape index (κ1) is 26.3. The first-order valence-electron chi connectivity index (χ1n) is 12.2. The predicted octanol–water partition coefficient (Wildman–Crippen LogP) is 2.48. The fourth-order valence-corrected chi connectivity index (χ4v) is 4.08. The summed E-state index contributed by atoms with van der Waals surface area (Å²) >= 11 is 0. The van der Waals surface area contributed by atoms with Crippen molar-refractivity contribution in [1.29, 1.82) is 5.41 Å². The van der Waals surface area contributed by atoms with Crippen LogP contribution in [0, 0.1) is 5.41 Å². The molecular formula is C26H30N8O4. The Bertz CT molecular complexity index is 1300. The number of benzene rings is 2. The Hall–Kier alpha value is -4.74. The minimum Gasteiger partial charge on any atom is -0.494 e. The zero-order valence-corrected chi connectivity index (χ0v) is 21.2. The van der Waals surface area contributed by atoms with Crippen LogP contribution in [0.3, 0.4) is 0 Å². The molecule has 198 valence electrons. The molecule has 12 heteroatoms. The summed E-state index contributed by atoms with van der Waals surface area (Å²) in [6.45, 7) is 3.61. The third-order valence-corrected chi connectivity index (χ3v) is 5.99. The zero-order chi connectivity index (χ0) is 27.1. The number of aromatic nitrogens is 3. The van der Waals surface area contributed by atoms with E-state index in [1.54, 1.807) is 48.5 Å². The number of nitrogens with two attached hydrogens (primary N) is 1. The van der Waals surface area contributed by atoms with Gasteiger partial charge in [-0.25, -0.2) is 0 Å². The predicted molar refractivity (Wildman–Crippen MR) is 142 cm³/mol. The molecule has 1 fully saturated rings. The minimum absolute atomic E-state index is 0.0367. The SMILES string of the molecule is CCOc1ccc(C(=O)N[C@@H]2CCCN(c3nnc(C(N)=O)c(Nc4ccc(C(=N)OC)cc4)n3)C2)cc1. The lowest BCUT2D eigenvalue weighted by molar-refractivity contribution is 0.0931. The van der Waals surface area contributed by atoms with Crippen LogP contribution in [0.1, 0.15) is 46.2 Å². The van der Waals surface area contributed by atoms with Crippen LogP contribution in [0.25, 0.3) is 0 Å². The van der Waals surface area contributed by atoms with E-state index < -0.39 is 5.91 Å². The summed E-state index contributed by atoms with van der Waals surface area (Å²) in [6, 6.07) is 13.8. The summed E-state index contributed by atoms with van der Waals surface area (Å²) < 4.78 is 10.4. The second-order valence-electron chi connectivity index (χ2n) is 8.62. The second kappa shape index (κ2) is 12.0. The van der Waals surface area contributed by atoms with Gasteiger partial charge in [-0.2, -0.15) is 4.98 Å². The largest absolute Gasteiger partial charge is 0.494 e. The lowest BCUT2D eigenvalue weighted by Crippen LogP contribution is -2.48. The Morgan fingerprint density at radius 3 is 2.47 bits per heavy atom. The summed E-state index contributed by atoms with van der Waals surface area (Å²) in [5.74, 6) is 0.292. The number of rotatable bonds is 9. The third kappa shape index (κ3) is 6.33. The molecule has 0 radical (unpaired) electrons. The molecule has 0 saturated carbocycles. The Morgan fingerprint density at radius 2 is 1.82 bits per heavy atom. The molecule has 12 nitrogen and oxygen atoms in total. The number of ether oxygens (including phenoxy) is 2. The summed E-state index contributed by atoms with van der Waals surface area (Å²) in [5.41, 5.74) is 7.17. The molecule has 0 bridgehead atoms. The number of nitrogens with one attached hydrogen (secondary N) is 3. The van der Waals surface area contributed by atoms with Gasteiger partial charge in [0, 0.05) is 35.9 Å². The molecule has 0 unspecified atom stereocenters. The topological polar surface area (TPSA) is 168 Å². The summed E-state index contributed by atoms with van der Waals surface area (Å²) in [7, 11) is 1.43. The lowest BCUT2D eigenvalue weighted by atomic mass is 10.1. The van der Waals surface area contributed by atoms with Crippen LogP contribution in [0.15, 0.2) is 48.5 Å². The molecule has 1 aliphatic heterocycles. The quantitative estimate of drug-likeness (QED) is 0.246. The van der Waals surface area contributed by atoms with Gasteiger partial charge in [-0.05, 0) is 68.3 Å². The molecule has 2 heterocycles. The molecule has 1 aromatic heterocycles. The molecule has 5 N–H and O–H groups in total. The highest BCUT2D eigenvalue weighted by Gasteiger charge is 2.25. The fraction of sp³-hybridized carbons (Fsp3) is 0.308. The number of hydrogen-bond acceptors (Lipinski definition) is 10. The maximum Gasteiger partial charge on any atom is 0.273 e. The van der Waals surface area contributed by atoms with Gasteiger partial charge >= 0.3 is 0 Å². The first-order valence-corrected chi connectivity index (χ1v) is 12.2. The zero-order valence-electron chi connectivity index (χ0n) is 21.2. The summed E-state index contributed by atoms with van der Waals surface area (Å²) in [4.78, 5) is 31.2. The fourth-order valence-electron chi connectivity index (χ4n) is 4.08. The molecule has 3 aromatic rings. The van der Waals surface area contributed by atoms with E-state index in [4.69, 9.17) is 20.6 Å². The number of amides is 2. The summed E-state index contributed by atoms with van der Waals surface area (Å²) in [5, 5.41) is 22.0. The smallest absolute Gasteiger partial charge is 0.273 e. The van der Waals surface area contributed by atoms with Crippen LogP contribution < -0.4 is 26.0 Å². The molecule has 2 aromatic carbocycles. The van der Waals surface area contributed by atoms with Gasteiger partial charge < -0.3 is 30.7 Å². The van der Waals surface area contributed by atoms with Gasteiger partial charge in [0.1, 0.15) is 5.75 Å². The number of methoxy groups -OCH3 is 1. The minimum atomic E-state index is -0.768. The number of primary amides is 1. The molecular weight excluding hydrogens is 488 g/mol. The molecule has 2 amide bonds. The lowest BCUT2D eigenvalue weighted by Gasteiger charge is -2.33. The van der Waals surface area contributed by atoms with Crippen molar-refractivity contribution < 1.29 is 19.1 Å². The number of hydrogen-bond donors (Lipinski definition) is 4. The van der Waals surface area contributed by atoms with E-state index in [0.29, 0.717) is 48.2 Å². The third-order valence-electron chi connectivity index (χ3n) is 5.99. The average molecular weight is 519 g/mol. The molecule has 38 heavy (non-hydrogen) atoms. The van der Waals surface area contributed by atoms with Crippen molar-refractivity contribution >= 4 is 35.2 Å². The van der Waals surface area contributed by atoms with Crippen LogP contribution in [-0.4, -0.2) is 65.7 Å². The molecule has 0 aliphatic carbocycles. The Labute approximate surface area is 220 Å². The van der Waals surface area contributed by atoms with E-state index in [1.165, 1.54) is 7.11 Å². The standard InChI is InChI=1S/C26H30N8O4/c1-3-38-20-12-8-17(9-13-20)25(36)30-19-5-4-14-34(15-19)26-31-24(21(22(27)35)32-33-26)29-18-10-6-16(7-11-18)23(28)37-2/h6-13,19,28H,3-5,14-15H2,1-2H3,(H2,27,35)(H,30,36)(H,29,31,33)/t19-/m1/s1. The van der Waals surface area contributed by atoms with Gasteiger partial charge in [0.2, 0.25) is 11.8 Å². The van der Waals surface area contributed by atoms with Crippen molar-refractivity contribution in [2.24, 2.45) is 5.73 Å².